The number of amides is 1. The summed E-state index contributed by atoms with van der Waals surface area (Å²) in [6.07, 6.45) is 5.93. The Kier molecular flexibility index (Phi) is 4.95. The highest BCUT2D eigenvalue weighted by molar-refractivity contribution is 5.77. The fourth-order valence-corrected chi connectivity index (χ4v) is 2.24. The number of nitrogens with zero attached hydrogens (tertiary/aromatic N) is 2. The van der Waals surface area contributed by atoms with Gasteiger partial charge in [0.05, 0.1) is 17.6 Å². The van der Waals surface area contributed by atoms with Crippen molar-refractivity contribution < 1.29 is 9.53 Å². The summed E-state index contributed by atoms with van der Waals surface area (Å²) in [5.74, 6) is 3.32. The smallest absolute Gasteiger partial charge is 0.410 e. The Balaban J connectivity index is 2.19. The molecule has 0 aliphatic rings. The van der Waals surface area contributed by atoms with Crippen molar-refractivity contribution in [2.45, 2.75) is 46.3 Å². The largest absolute Gasteiger partial charge is 0.444 e. The SMILES string of the molecule is C#Cc1ccc2nc(CN(CCC)C(=O)OC(C)(C)C)[nH]c2c1. The second-order valence-corrected chi connectivity index (χ2v) is 6.46. The molecule has 0 bridgehead atoms. The predicted octanol–water partition coefficient (Wildman–Crippen LogP) is 3.69. The van der Waals surface area contributed by atoms with Gasteiger partial charge in [0.15, 0.2) is 0 Å². The number of terminal acetylenes is 1. The Hall–Kier alpha value is -2.48. The fraction of sp³-hybridized carbons (Fsp3) is 0.444. The van der Waals surface area contributed by atoms with E-state index in [0.29, 0.717) is 18.9 Å². The van der Waals surface area contributed by atoms with Crippen LogP contribution in [-0.4, -0.2) is 33.1 Å². The van der Waals surface area contributed by atoms with Gasteiger partial charge in [0, 0.05) is 12.1 Å². The molecule has 1 N–H and O–H groups in total. The molecule has 23 heavy (non-hydrogen) atoms. The average molecular weight is 313 g/mol. The van der Waals surface area contributed by atoms with Crippen LogP contribution in [0.5, 0.6) is 0 Å². The third-order valence-electron chi connectivity index (χ3n) is 3.18. The van der Waals surface area contributed by atoms with Gasteiger partial charge in [-0.15, -0.1) is 6.42 Å². The molecule has 1 amide bonds. The van der Waals surface area contributed by atoms with Crippen molar-refractivity contribution in [1.29, 1.82) is 0 Å². The van der Waals surface area contributed by atoms with Crippen molar-refractivity contribution in [1.82, 2.24) is 14.9 Å². The van der Waals surface area contributed by atoms with E-state index < -0.39 is 5.60 Å². The van der Waals surface area contributed by atoms with E-state index in [-0.39, 0.29) is 6.09 Å². The van der Waals surface area contributed by atoms with Crippen molar-refractivity contribution in [2.75, 3.05) is 6.54 Å². The summed E-state index contributed by atoms with van der Waals surface area (Å²) in [4.78, 5) is 21.7. The van der Waals surface area contributed by atoms with E-state index in [0.717, 1.165) is 23.0 Å². The zero-order valence-corrected chi connectivity index (χ0v) is 14.1. The molecule has 1 heterocycles. The Morgan fingerprint density at radius 2 is 2.17 bits per heavy atom. The minimum absolute atomic E-state index is 0.330. The molecule has 2 rings (SSSR count). The van der Waals surface area contributed by atoms with Gasteiger partial charge in [-0.2, -0.15) is 0 Å². The number of nitrogens with one attached hydrogen (secondary N) is 1. The van der Waals surface area contributed by atoms with E-state index in [1.807, 2.05) is 45.9 Å². The third-order valence-corrected chi connectivity index (χ3v) is 3.18. The summed E-state index contributed by atoms with van der Waals surface area (Å²) in [6, 6.07) is 5.61. The molecule has 0 saturated carbocycles. The number of hydrogen-bond acceptors (Lipinski definition) is 3. The lowest BCUT2D eigenvalue weighted by Gasteiger charge is -2.26. The van der Waals surface area contributed by atoms with E-state index in [2.05, 4.69) is 15.9 Å². The first kappa shape index (κ1) is 16.9. The molecular weight excluding hydrogens is 290 g/mol. The van der Waals surface area contributed by atoms with Crippen LogP contribution < -0.4 is 0 Å². The van der Waals surface area contributed by atoms with Crippen LogP contribution in [0.2, 0.25) is 0 Å². The molecule has 0 aliphatic heterocycles. The lowest BCUT2D eigenvalue weighted by Crippen LogP contribution is -2.37. The second kappa shape index (κ2) is 6.74. The molecule has 5 nitrogen and oxygen atoms in total. The zero-order chi connectivity index (χ0) is 17.0. The van der Waals surface area contributed by atoms with Crippen LogP contribution in [0.3, 0.4) is 0 Å². The minimum Gasteiger partial charge on any atom is -0.444 e. The Morgan fingerprint density at radius 1 is 1.43 bits per heavy atom. The number of hydrogen-bond donors (Lipinski definition) is 1. The van der Waals surface area contributed by atoms with Gasteiger partial charge < -0.3 is 14.6 Å². The van der Waals surface area contributed by atoms with Crippen molar-refractivity contribution in [2.24, 2.45) is 0 Å². The van der Waals surface area contributed by atoms with Gasteiger partial charge in [-0.3, -0.25) is 0 Å². The van der Waals surface area contributed by atoms with Crippen LogP contribution in [0.4, 0.5) is 4.79 Å². The number of imidazole rings is 1. The zero-order valence-electron chi connectivity index (χ0n) is 14.1. The molecule has 0 atom stereocenters. The molecule has 122 valence electrons. The first-order valence-corrected chi connectivity index (χ1v) is 7.75. The summed E-state index contributed by atoms with van der Waals surface area (Å²) in [5.41, 5.74) is 1.99. The molecule has 0 aliphatic carbocycles. The van der Waals surface area contributed by atoms with Crippen molar-refractivity contribution >= 4 is 17.1 Å². The van der Waals surface area contributed by atoms with Gasteiger partial charge in [-0.05, 0) is 45.4 Å². The van der Waals surface area contributed by atoms with Gasteiger partial charge >= 0.3 is 6.09 Å². The summed E-state index contributed by atoms with van der Waals surface area (Å²) in [6.45, 7) is 8.59. The minimum atomic E-state index is -0.515. The quantitative estimate of drug-likeness (QED) is 0.876. The molecule has 0 saturated heterocycles. The number of carbonyl (C=O) groups excluding carboxylic acids is 1. The number of aromatic amines is 1. The van der Waals surface area contributed by atoms with E-state index in [1.165, 1.54) is 0 Å². The van der Waals surface area contributed by atoms with Crippen molar-refractivity contribution in [3.05, 3.63) is 29.6 Å². The molecule has 5 heteroatoms. The van der Waals surface area contributed by atoms with Crippen LogP contribution in [-0.2, 0) is 11.3 Å². The number of fused-ring (bicyclic) bond motifs is 1. The first-order chi connectivity index (χ1) is 10.8. The number of ether oxygens (including phenoxy) is 1. The Morgan fingerprint density at radius 3 is 2.78 bits per heavy atom. The van der Waals surface area contributed by atoms with Crippen molar-refractivity contribution in [3.63, 3.8) is 0 Å². The summed E-state index contributed by atoms with van der Waals surface area (Å²) < 4.78 is 5.45. The van der Waals surface area contributed by atoms with Gasteiger partial charge in [0.1, 0.15) is 11.4 Å². The number of aromatic nitrogens is 2. The molecule has 1 aromatic carbocycles. The monoisotopic (exact) mass is 313 g/mol. The standard InChI is InChI=1S/C18H23N3O2/c1-6-10-21(17(22)23-18(3,4)5)12-16-19-14-9-8-13(7-2)11-15(14)20-16/h2,8-9,11H,6,10,12H2,1,3-5H3,(H,19,20). The van der Waals surface area contributed by atoms with Crippen LogP contribution in [0.1, 0.15) is 45.5 Å². The lowest BCUT2D eigenvalue weighted by molar-refractivity contribution is 0.0229. The van der Waals surface area contributed by atoms with Gasteiger partial charge in [0.25, 0.3) is 0 Å². The van der Waals surface area contributed by atoms with Gasteiger partial charge in [0.2, 0.25) is 0 Å². The predicted molar refractivity (Wildman–Crippen MR) is 91.0 cm³/mol. The van der Waals surface area contributed by atoms with Crippen LogP contribution in [0, 0.1) is 12.3 Å². The third kappa shape index (κ3) is 4.49. The number of benzene rings is 1. The highest BCUT2D eigenvalue weighted by atomic mass is 16.6. The van der Waals surface area contributed by atoms with E-state index in [9.17, 15) is 4.79 Å². The summed E-state index contributed by atoms with van der Waals surface area (Å²) in [7, 11) is 0. The molecule has 0 spiro atoms. The average Bonchev–Trinajstić information content (AvgIpc) is 2.86. The number of H-pyrrole nitrogens is 1. The van der Waals surface area contributed by atoms with E-state index in [1.54, 1.807) is 4.90 Å². The lowest BCUT2D eigenvalue weighted by atomic mass is 10.2. The highest BCUT2D eigenvalue weighted by Gasteiger charge is 2.22. The van der Waals surface area contributed by atoms with Crippen LogP contribution >= 0.6 is 0 Å². The highest BCUT2D eigenvalue weighted by Crippen LogP contribution is 2.16. The van der Waals surface area contributed by atoms with E-state index in [4.69, 9.17) is 11.2 Å². The van der Waals surface area contributed by atoms with Crippen LogP contribution in [0.15, 0.2) is 18.2 Å². The second-order valence-electron chi connectivity index (χ2n) is 6.46. The fourth-order valence-electron chi connectivity index (χ4n) is 2.24. The maximum absolute atomic E-state index is 12.3. The van der Waals surface area contributed by atoms with Crippen molar-refractivity contribution in [3.8, 4) is 12.3 Å². The molecule has 0 unspecified atom stereocenters. The molecule has 1 aromatic heterocycles. The van der Waals surface area contributed by atoms with Gasteiger partial charge in [-0.25, -0.2) is 9.78 Å². The summed E-state index contributed by atoms with van der Waals surface area (Å²) >= 11 is 0. The number of carbonyl (C=O) groups is 1. The Labute approximate surface area is 137 Å². The van der Waals surface area contributed by atoms with E-state index >= 15 is 0 Å². The molecule has 0 fully saturated rings. The molecule has 2 aromatic rings. The maximum atomic E-state index is 12.3. The summed E-state index contributed by atoms with van der Waals surface area (Å²) in [5, 5.41) is 0. The topological polar surface area (TPSA) is 58.2 Å². The van der Waals surface area contributed by atoms with Crippen LogP contribution in [0.25, 0.3) is 11.0 Å². The van der Waals surface area contributed by atoms with Gasteiger partial charge in [-0.1, -0.05) is 12.8 Å². The molecular formula is C18H23N3O2. The number of rotatable bonds is 4. The first-order valence-electron chi connectivity index (χ1n) is 7.75. The Bertz CT molecular complexity index is 735. The normalized spacial score (nSPS) is 11.3. The maximum Gasteiger partial charge on any atom is 0.410 e. The molecule has 0 radical (unpaired) electrons.